The van der Waals surface area contributed by atoms with Gasteiger partial charge in [0.05, 0.1) is 11.6 Å². The molecule has 0 N–H and O–H groups in total. The van der Waals surface area contributed by atoms with Crippen molar-refractivity contribution < 1.29 is 8.91 Å². The maximum absolute atomic E-state index is 13.6. The van der Waals surface area contributed by atoms with Gasteiger partial charge in [0.25, 0.3) is 5.89 Å². The van der Waals surface area contributed by atoms with Gasteiger partial charge in [0.15, 0.2) is 5.82 Å². The quantitative estimate of drug-likeness (QED) is 0.737. The molecule has 0 radical (unpaired) electrons. The van der Waals surface area contributed by atoms with Crippen molar-refractivity contribution in [2.45, 2.75) is 6.42 Å². The van der Waals surface area contributed by atoms with Crippen molar-refractivity contribution >= 4 is 0 Å². The predicted octanol–water partition coefficient (Wildman–Crippen LogP) is 3.34. The molecule has 2 aromatic carbocycles. The van der Waals surface area contributed by atoms with E-state index in [1.54, 1.807) is 42.5 Å². The first-order valence-corrected chi connectivity index (χ1v) is 6.33. The Hall–Kier alpha value is -3.00. The fourth-order valence-electron chi connectivity index (χ4n) is 1.98. The fraction of sp³-hybridized carbons (Fsp3) is 0.0625. The number of aromatic nitrogens is 2. The van der Waals surface area contributed by atoms with E-state index >= 15 is 0 Å². The molecule has 3 aromatic rings. The second-order valence-electron chi connectivity index (χ2n) is 4.48. The lowest BCUT2D eigenvalue weighted by atomic mass is 10.1. The van der Waals surface area contributed by atoms with Gasteiger partial charge in [0, 0.05) is 12.0 Å². The summed E-state index contributed by atoms with van der Waals surface area (Å²) >= 11 is 0. The van der Waals surface area contributed by atoms with Crippen LogP contribution in [0.2, 0.25) is 0 Å². The third-order valence-electron chi connectivity index (χ3n) is 3.01. The molecular formula is C16H10FN3O. The Morgan fingerprint density at radius 2 is 2.00 bits per heavy atom. The molecule has 0 unspecified atom stereocenters. The average Bonchev–Trinajstić information content (AvgIpc) is 2.98. The molecule has 0 spiro atoms. The molecule has 21 heavy (non-hydrogen) atoms. The molecule has 0 bridgehead atoms. The summed E-state index contributed by atoms with van der Waals surface area (Å²) in [5.41, 5.74) is 1.69. The average molecular weight is 279 g/mol. The van der Waals surface area contributed by atoms with E-state index in [-0.39, 0.29) is 12.2 Å². The fourth-order valence-corrected chi connectivity index (χ4v) is 1.98. The molecular weight excluding hydrogens is 269 g/mol. The Balaban J connectivity index is 1.87. The normalized spacial score (nSPS) is 10.3. The molecule has 0 saturated carbocycles. The topological polar surface area (TPSA) is 62.7 Å². The summed E-state index contributed by atoms with van der Waals surface area (Å²) in [6.07, 6.45) is 0.258. The Bertz CT molecular complexity index is 820. The molecule has 0 aliphatic carbocycles. The molecule has 1 heterocycles. The predicted molar refractivity (Wildman–Crippen MR) is 73.7 cm³/mol. The minimum atomic E-state index is -0.296. The molecule has 1 aromatic heterocycles. The molecule has 0 aliphatic heterocycles. The summed E-state index contributed by atoms with van der Waals surface area (Å²) in [6, 6.07) is 15.4. The molecule has 4 nitrogen and oxygen atoms in total. The van der Waals surface area contributed by atoms with Gasteiger partial charge in [-0.15, -0.1) is 0 Å². The van der Waals surface area contributed by atoms with Gasteiger partial charge in [0.1, 0.15) is 5.82 Å². The maximum atomic E-state index is 13.6. The van der Waals surface area contributed by atoms with E-state index in [0.717, 1.165) is 0 Å². The largest absolute Gasteiger partial charge is 0.334 e. The van der Waals surface area contributed by atoms with Gasteiger partial charge < -0.3 is 4.52 Å². The Kier molecular flexibility index (Phi) is 3.44. The van der Waals surface area contributed by atoms with Crippen LogP contribution in [0.4, 0.5) is 4.39 Å². The maximum Gasteiger partial charge on any atom is 0.257 e. The first-order valence-electron chi connectivity index (χ1n) is 6.33. The van der Waals surface area contributed by atoms with E-state index in [2.05, 4.69) is 16.2 Å². The molecule has 3 rings (SSSR count). The summed E-state index contributed by atoms with van der Waals surface area (Å²) in [5, 5.41) is 12.7. The Labute approximate surface area is 120 Å². The smallest absolute Gasteiger partial charge is 0.257 e. The van der Waals surface area contributed by atoms with Gasteiger partial charge in [-0.3, -0.25) is 0 Å². The lowest BCUT2D eigenvalue weighted by Crippen LogP contribution is -1.94. The standard InChI is InChI=1S/C16H10FN3O/c17-14-7-2-1-5-12(14)9-15-19-16(21-20-15)13-6-3-4-11(8-13)10-18/h1-8H,9H2. The molecule has 0 atom stereocenters. The number of halogens is 1. The minimum Gasteiger partial charge on any atom is -0.334 e. The minimum absolute atomic E-state index is 0.258. The summed E-state index contributed by atoms with van der Waals surface area (Å²) in [7, 11) is 0. The zero-order chi connectivity index (χ0) is 14.7. The summed E-state index contributed by atoms with van der Waals surface area (Å²) in [5.74, 6) is 0.422. The van der Waals surface area contributed by atoms with E-state index in [1.807, 2.05) is 0 Å². The highest BCUT2D eigenvalue weighted by Crippen LogP contribution is 2.19. The number of hydrogen-bond donors (Lipinski definition) is 0. The number of nitriles is 1. The van der Waals surface area contributed by atoms with Crippen LogP contribution in [0.5, 0.6) is 0 Å². The summed E-state index contributed by atoms with van der Waals surface area (Å²) in [4.78, 5) is 4.24. The van der Waals surface area contributed by atoms with Crippen molar-refractivity contribution in [1.82, 2.24) is 10.1 Å². The van der Waals surface area contributed by atoms with Crippen molar-refractivity contribution in [1.29, 1.82) is 5.26 Å². The Morgan fingerprint density at radius 3 is 2.81 bits per heavy atom. The van der Waals surface area contributed by atoms with Crippen LogP contribution < -0.4 is 0 Å². The van der Waals surface area contributed by atoms with Crippen LogP contribution >= 0.6 is 0 Å². The van der Waals surface area contributed by atoms with Crippen LogP contribution in [0.1, 0.15) is 17.0 Å². The second kappa shape index (κ2) is 5.55. The van der Waals surface area contributed by atoms with Gasteiger partial charge in [-0.1, -0.05) is 29.4 Å². The molecule has 5 heteroatoms. The number of rotatable bonds is 3. The highest BCUT2D eigenvalue weighted by atomic mass is 19.1. The lowest BCUT2D eigenvalue weighted by Gasteiger charge is -1.97. The van der Waals surface area contributed by atoms with E-state index in [0.29, 0.717) is 28.4 Å². The lowest BCUT2D eigenvalue weighted by molar-refractivity contribution is 0.423. The molecule has 0 aliphatic rings. The first kappa shape index (κ1) is 13.0. The zero-order valence-corrected chi connectivity index (χ0v) is 11.0. The molecule has 102 valence electrons. The highest BCUT2D eigenvalue weighted by molar-refractivity contribution is 5.56. The van der Waals surface area contributed by atoms with E-state index in [9.17, 15) is 4.39 Å². The van der Waals surface area contributed by atoms with Crippen LogP contribution in [0, 0.1) is 17.1 Å². The molecule has 0 fully saturated rings. The van der Waals surface area contributed by atoms with Crippen molar-refractivity contribution in [3.05, 3.63) is 71.3 Å². The van der Waals surface area contributed by atoms with Crippen molar-refractivity contribution in [2.24, 2.45) is 0 Å². The van der Waals surface area contributed by atoms with E-state index < -0.39 is 0 Å². The van der Waals surface area contributed by atoms with Gasteiger partial charge in [0.2, 0.25) is 0 Å². The van der Waals surface area contributed by atoms with Crippen LogP contribution in [0.3, 0.4) is 0 Å². The van der Waals surface area contributed by atoms with Crippen LogP contribution in [0.25, 0.3) is 11.5 Å². The number of benzene rings is 2. The molecule has 0 saturated heterocycles. The van der Waals surface area contributed by atoms with Gasteiger partial charge >= 0.3 is 0 Å². The van der Waals surface area contributed by atoms with Crippen molar-refractivity contribution in [2.75, 3.05) is 0 Å². The monoisotopic (exact) mass is 279 g/mol. The van der Waals surface area contributed by atoms with Gasteiger partial charge in [-0.05, 0) is 29.8 Å². The van der Waals surface area contributed by atoms with Crippen molar-refractivity contribution in [3.63, 3.8) is 0 Å². The first-order chi connectivity index (χ1) is 10.3. The second-order valence-corrected chi connectivity index (χ2v) is 4.48. The SMILES string of the molecule is N#Cc1cccc(-c2nc(Cc3ccccc3F)no2)c1. The van der Waals surface area contributed by atoms with E-state index in [4.69, 9.17) is 9.78 Å². The summed E-state index contributed by atoms with van der Waals surface area (Å²) in [6.45, 7) is 0. The zero-order valence-electron chi connectivity index (χ0n) is 11.0. The number of hydrogen-bond acceptors (Lipinski definition) is 4. The van der Waals surface area contributed by atoms with E-state index in [1.165, 1.54) is 6.07 Å². The number of nitrogens with zero attached hydrogens (tertiary/aromatic N) is 3. The van der Waals surface area contributed by atoms with Crippen molar-refractivity contribution in [3.8, 4) is 17.5 Å². The Morgan fingerprint density at radius 1 is 1.14 bits per heavy atom. The van der Waals surface area contributed by atoms with Gasteiger partial charge in [-0.2, -0.15) is 10.2 Å². The highest BCUT2D eigenvalue weighted by Gasteiger charge is 2.11. The summed E-state index contributed by atoms with van der Waals surface area (Å²) < 4.78 is 18.8. The van der Waals surface area contributed by atoms with Crippen LogP contribution in [-0.2, 0) is 6.42 Å². The third-order valence-corrected chi connectivity index (χ3v) is 3.01. The third kappa shape index (κ3) is 2.79. The van der Waals surface area contributed by atoms with Crippen LogP contribution in [0.15, 0.2) is 53.1 Å². The molecule has 0 amide bonds. The van der Waals surface area contributed by atoms with Gasteiger partial charge in [-0.25, -0.2) is 4.39 Å². The van der Waals surface area contributed by atoms with Crippen LogP contribution in [-0.4, -0.2) is 10.1 Å².